The predicted molar refractivity (Wildman–Crippen MR) is 130 cm³/mol. The van der Waals surface area contributed by atoms with Crippen LogP contribution in [0.1, 0.15) is 20.8 Å². The van der Waals surface area contributed by atoms with Crippen molar-refractivity contribution in [3.63, 3.8) is 0 Å². The Bertz CT molecular complexity index is 1520. The molecule has 0 bridgehead atoms. The Morgan fingerprint density at radius 1 is 1.12 bits per heavy atom. The first-order valence-electron chi connectivity index (χ1n) is 10.0. The van der Waals surface area contributed by atoms with Gasteiger partial charge in [0.1, 0.15) is 10.6 Å². The summed E-state index contributed by atoms with van der Waals surface area (Å²) in [5.41, 5.74) is 2.82. The fourth-order valence-electron chi connectivity index (χ4n) is 3.51. The van der Waals surface area contributed by atoms with E-state index in [0.717, 1.165) is 11.1 Å². The number of thiazole rings is 1. The first-order valence-corrected chi connectivity index (χ1v) is 11.7. The standard InChI is InChI=1S/C24H17FN4O2S2/c1-14-19-22(26-13-29(23(19)31)11-15-5-3-2-4-6-15)33-20(14)21(30)28-24-27-18(12-32-24)16-7-9-17(25)10-8-16/h2-10,12-13H,11H2,1H3,(H,27,28,30). The third-order valence-corrected chi connectivity index (χ3v) is 7.14. The van der Waals surface area contributed by atoms with Gasteiger partial charge < -0.3 is 0 Å². The van der Waals surface area contributed by atoms with Gasteiger partial charge in [0.05, 0.1) is 28.8 Å². The molecular formula is C24H17FN4O2S2. The van der Waals surface area contributed by atoms with Crippen LogP contribution in [0.3, 0.4) is 0 Å². The van der Waals surface area contributed by atoms with E-state index in [-0.39, 0.29) is 17.3 Å². The van der Waals surface area contributed by atoms with Gasteiger partial charge >= 0.3 is 0 Å². The van der Waals surface area contributed by atoms with E-state index in [1.165, 1.54) is 41.1 Å². The van der Waals surface area contributed by atoms with Crippen molar-refractivity contribution >= 4 is 43.9 Å². The fraction of sp³-hybridized carbons (Fsp3) is 0.0833. The third kappa shape index (κ3) is 4.20. The molecule has 5 aromatic rings. The molecule has 0 unspecified atom stereocenters. The van der Waals surface area contributed by atoms with Crippen molar-refractivity contribution in [3.8, 4) is 11.3 Å². The van der Waals surface area contributed by atoms with Crippen LogP contribution in [-0.4, -0.2) is 20.4 Å². The smallest absolute Gasteiger partial charge is 0.267 e. The lowest BCUT2D eigenvalue weighted by Gasteiger charge is -2.05. The number of carbonyl (C=O) groups is 1. The van der Waals surface area contributed by atoms with Crippen molar-refractivity contribution in [2.75, 3.05) is 5.32 Å². The van der Waals surface area contributed by atoms with E-state index in [2.05, 4.69) is 15.3 Å². The van der Waals surface area contributed by atoms with Gasteiger partial charge in [-0.3, -0.25) is 19.5 Å². The fourth-order valence-corrected chi connectivity index (χ4v) is 5.26. The molecule has 6 nitrogen and oxygen atoms in total. The molecule has 5 rings (SSSR count). The Morgan fingerprint density at radius 2 is 1.88 bits per heavy atom. The van der Waals surface area contributed by atoms with Crippen molar-refractivity contribution in [1.82, 2.24) is 14.5 Å². The molecule has 0 spiro atoms. The van der Waals surface area contributed by atoms with Gasteiger partial charge in [-0.1, -0.05) is 30.3 Å². The highest BCUT2D eigenvalue weighted by Gasteiger charge is 2.20. The van der Waals surface area contributed by atoms with Crippen molar-refractivity contribution in [1.29, 1.82) is 0 Å². The first-order chi connectivity index (χ1) is 16.0. The summed E-state index contributed by atoms with van der Waals surface area (Å²) in [6.45, 7) is 2.17. The Morgan fingerprint density at radius 3 is 2.64 bits per heavy atom. The Hall–Kier alpha value is -3.69. The van der Waals surface area contributed by atoms with Gasteiger partial charge in [0, 0.05) is 10.9 Å². The lowest BCUT2D eigenvalue weighted by atomic mass is 10.2. The van der Waals surface area contributed by atoms with E-state index >= 15 is 0 Å². The highest BCUT2D eigenvalue weighted by atomic mass is 32.1. The summed E-state index contributed by atoms with van der Waals surface area (Å²) in [4.78, 5) is 35.8. The van der Waals surface area contributed by atoms with Gasteiger partial charge in [-0.05, 0) is 42.3 Å². The summed E-state index contributed by atoms with van der Waals surface area (Å²) < 4.78 is 14.7. The zero-order chi connectivity index (χ0) is 22.9. The van der Waals surface area contributed by atoms with E-state index < -0.39 is 0 Å². The Labute approximate surface area is 196 Å². The number of thiophene rings is 1. The van der Waals surface area contributed by atoms with Crippen LogP contribution >= 0.6 is 22.7 Å². The van der Waals surface area contributed by atoms with E-state index in [9.17, 15) is 14.0 Å². The highest BCUT2D eigenvalue weighted by Crippen LogP contribution is 2.29. The van der Waals surface area contributed by atoms with Crippen LogP contribution in [0.4, 0.5) is 9.52 Å². The van der Waals surface area contributed by atoms with Crippen molar-refractivity contribution in [2.24, 2.45) is 0 Å². The number of nitrogens with one attached hydrogen (secondary N) is 1. The average Bonchev–Trinajstić information content (AvgIpc) is 3.42. The number of halogens is 1. The van der Waals surface area contributed by atoms with Gasteiger partial charge in [0.15, 0.2) is 5.13 Å². The van der Waals surface area contributed by atoms with E-state index in [4.69, 9.17) is 0 Å². The summed E-state index contributed by atoms with van der Waals surface area (Å²) in [6, 6.07) is 15.7. The minimum Gasteiger partial charge on any atom is -0.297 e. The number of anilines is 1. The van der Waals surface area contributed by atoms with Gasteiger partial charge in [0.25, 0.3) is 11.5 Å². The number of carbonyl (C=O) groups excluding carboxylic acids is 1. The molecule has 2 aromatic carbocycles. The zero-order valence-electron chi connectivity index (χ0n) is 17.4. The van der Waals surface area contributed by atoms with E-state index in [1.54, 1.807) is 29.0 Å². The molecule has 164 valence electrons. The Kier molecular flexibility index (Phi) is 5.57. The number of benzene rings is 2. The summed E-state index contributed by atoms with van der Waals surface area (Å²) in [6.07, 6.45) is 1.52. The minimum absolute atomic E-state index is 0.176. The number of aryl methyl sites for hydroxylation is 1. The van der Waals surface area contributed by atoms with Crippen LogP contribution in [0.5, 0.6) is 0 Å². The second-order valence-electron chi connectivity index (χ2n) is 7.40. The maximum atomic E-state index is 13.2. The topological polar surface area (TPSA) is 76.9 Å². The lowest BCUT2D eigenvalue weighted by Crippen LogP contribution is -2.21. The zero-order valence-corrected chi connectivity index (χ0v) is 19.0. The summed E-state index contributed by atoms with van der Waals surface area (Å²) in [5.74, 6) is -0.663. The maximum Gasteiger partial charge on any atom is 0.267 e. The predicted octanol–water partition coefficient (Wildman–Crippen LogP) is 5.33. The Balaban J connectivity index is 1.41. The van der Waals surface area contributed by atoms with E-state index in [1.807, 2.05) is 30.3 Å². The number of aromatic nitrogens is 3. The van der Waals surface area contributed by atoms with Crippen molar-refractivity contribution < 1.29 is 9.18 Å². The molecule has 0 aliphatic heterocycles. The van der Waals surface area contributed by atoms with Crippen molar-refractivity contribution in [2.45, 2.75) is 13.5 Å². The van der Waals surface area contributed by atoms with E-state index in [0.29, 0.717) is 38.0 Å². The minimum atomic E-state index is -0.343. The normalized spacial score (nSPS) is 11.1. The summed E-state index contributed by atoms with van der Waals surface area (Å²) in [5, 5.41) is 5.48. The quantitative estimate of drug-likeness (QED) is 0.372. The molecule has 3 heterocycles. The molecule has 0 radical (unpaired) electrons. The molecular weight excluding hydrogens is 459 g/mol. The molecule has 0 aliphatic carbocycles. The van der Waals surface area contributed by atoms with Crippen molar-refractivity contribution in [3.05, 3.63) is 98.5 Å². The van der Waals surface area contributed by atoms with Crippen LogP contribution in [0.25, 0.3) is 21.5 Å². The van der Waals surface area contributed by atoms with Crippen LogP contribution in [-0.2, 0) is 6.54 Å². The second kappa shape index (κ2) is 8.68. The monoisotopic (exact) mass is 476 g/mol. The van der Waals surface area contributed by atoms with Crippen LogP contribution in [0, 0.1) is 12.7 Å². The molecule has 9 heteroatoms. The highest BCUT2D eigenvalue weighted by molar-refractivity contribution is 7.21. The molecule has 0 aliphatic rings. The average molecular weight is 477 g/mol. The summed E-state index contributed by atoms with van der Waals surface area (Å²) >= 11 is 2.46. The van der Waals surface area contributed by atoms with Gasteiger partial charge in [-0.25, -0.2) is 14.4 Å². The molecule has 0 saturated heterocycles. The molecule has 1 N–H and O–H groups in total. The van der Waals surface area contributed by atoms with Gasteiger partial charge in [-0.2, -0.15) is 0 Å². The second-order valence-corrected chi connectivity index (χ2v) is 9.26. The first kappa shape index (κ1) is 21.2. The number of amides is 1. The summed E-state index contributed by atoms with van der Waals surface area (Å²) in [7, 11) is 0. The molecule has 0 fully saturated rings. The van der Waals surface area contributed by atoms with Crippen LogP contribution in [0.2, 0.25) is 0 Å². The molecule has 0 saturated carbocycles. The van der Waals surface area contributed by atoms with Gasteiger partial charge in [0.2, 0.25) is 0 Å². The molecule has 0 atom stereocenters. The lowest BCUT2D eigenvalue weighted by molar-refractivity contribution is 0.103. The number of fused-ring (bicyclic) bond motifs is 1. The van der Waals surface area contributed by atoms with Gasteiger partial charge in [-0.15, -0.1) is 22.7 Å². The third-order valence-electron chi connectivity index (χ3n) is 5.18. The number of hydrogen-bond acceptors (Lipinski definition) is 6. The molecule has 3 aromatic heterocycles. The largest absolute Gasteiger partial charge is 0.297 e. The number of nitrogens with zero attached hydrogens (tertiary/aromatic N) is 3. The SMILES string of the molecule is Cc1c(C(=O)Nc2nc(-c3ccc(F)cc3)cs2)sc2ncn(Cc3ccccc3)c(=O)c12. The molecule has 33 heavy (non-hydrogen) atoms. The maximum absolute atomic E-state index is 13.2. The molecule has 1 amide bonds. The van der Waals surface area contributed by atoms with Crippen LogP contribution in [0.15, 0.2) is 71.1 Å². The number of rotatable bonds is 5. The van der Waals surface area contributed by atoms with Crippen LogP contribution < -0.4 is 10.9 Å². The number of hydrogen-bond donors (Lipinski definition) is 1.